The summed E-state index contributed by atoms with van der Waals surface area (Å²) in [6, 6.07) is 14.5. The first kappa shape index (κ1) is 25.3. The molecule has 3 aromatic carbocycles. The molecule has 0 saturated heterocycles. The highest BCUT2D eigenvalue weighted by Crippen LogP contribution is 2.52. The normalized spacial score (nSPS) is 16.5. The molecule has 3 N–H and O–H groups in total. The third kappa shape index (κ3) is 4.06. The number of rotatable bonds is 7. The molecule has 0 radical (unpaired) electrons. The number of fused-ring (bicyclic) bond motifs is 2. The number of benzene rings is 3. The molecule has 1 atom stereocenters. The van der Waals surface area contributed by atoms with Crippen LogP contribution in [0.1, 0.15) is 38.3 Å². The molecule has 0 spiro atoms. The number of phenolic OH excluding ortho intramolecular Hbond substituents is 1. The molecule has 0 bridgehead atoms. The molecule has 192 valence electrons. The number of nitrogens with one attached hydrogen (secondary N) is 1. The maximum atomic E-state index is 13.8. The smallest absolute Gasteiger partial charge is 0.261 e. The first-order valence-electron chi connectivity index (χ1n) is 11.5. The summed E-state index contributed by atoms with van der Waals surface area (Å²) in [7, 11) is 1.34. The fourth-order valence-corrected chi connectivity index (χ4v) is 4.89. The van der Waals surface area contributed by atoms with Gasteiger partial charge in [0, 0.05) is 35.1 Å². The topological polar surface area (TPSA) is 124 Å². The Kier molecular flexibility index (Phi) is 6.34. The average Bonchev–Trinajstić information content (AvgIpc) is 3.12. The van der Waals surface area contributed by atoms with Gasteiger partial charge in [-0.1, -0.05) is 23.7 Å². The number of methoxy groups -OCH3 is 1. The van der Waals surface area contributed by atoms with Crippen molar-refractivity contribution in [2.75, 3.05) is 7.11 Å². The quantitative estimate of drug-likeness (QED) is 0.231. The van der Waals surface area contributed by atoms with Crippen LogP contribution in [0.4, 0.5) is 4.39 Å². The number of Topliss-reactive ketones (excluding diaryl/α,β-unsaturated/α-hetero) is 1. The van der Waals surface area contributed by atoms with Crippen molar-refractivity contribution in [3.63, 3.8) is 0 Å². The molecule has 0 fully saturated rings. The minimum absolute atomic E-state index is 0.0742. The second-order valence-corrected chi connectivity index (χ2v) is 9.29. The maximum Gasteiger partial charge on any atom is 0.261 e. The summed E-state index contributed by atoms with van der Waals surface area (Å²) >= 11 is 5.91. The van der Waals surface area contributed by atoms with Crippen LogP contribution in [-0.4, -0.2) is 44.6 Å². The zero-order valence-corrected chi connectivity index (χ0v) is 20.8. The Morgan fingerprint density at radius 2 is 1.84 bits per heavy atom. The largest absolute Gasteiger partial charge is 0.505 e. The molecule has 5 rings (SSSR count). The molecule has 38 heavy (non-hydrogen) atoms. The third-order valence-electron chi connectivity index (χ3n) is 6.56. The highest BCUT2D eigenvalue weighted by molar-refractivity contribution is 6.45. The molecular weight excluding hydrogens is 513 g/mol. The van der Waals surface area contributed by atoms with Gasteiger partial charge in [0.05, 0.1) is 23.9 Å². The van der Waals surface area contributed by atoms with Crippen molar-refractivity contribution in [3.05, 3.63) is 100.0 Å². The maximum absolute atomic E-state index is 13.8. The van der Waals surface area contributed by atoms with E-state index in [1.807, 2.05) is 0 Å². The third-order valence-corrected chi connectivity index (χ3v) is 6.81. The summed E-state index contributed by atoms with van der Waals surface area (Å²) in [6.07, 6.45) is 0.826. The van der Waals surface area contributed by atoms with Crippen molar-refractivity contribution >= 4 is 39.9 Å². The number of phenols is 1. The minimum Gasteiger partial charge on any atom is -0.505 e. The van der Waals surface area contributed by atoms with Crippen LogP contribution in [0.3, 0.4) is 0 Å². The van der Waals surface area contributed by atoms with E-state index >= 15 is 0 Å². The second-order valence-electron chi connectivity index (χ2n) is 8.86. The van der Waals surface area contributed by atoms with Crippen molar-refractivity contribution in [2.45, 2.75) is 18.7 Å². The van der Waals surface area contributed by atoms with Gasteiger partial charge < -0.3 is 25.3 Å². The lowest BCUT2D eigenvalue weighted by atomic mass is 9.90. The Hall–Kier alpha value is -4.34. The van der Waals surface area contributed by atoms with Gasteiger partial charge in [0.2, 0.25) is 5.78 Å². The van der Waals surface area contributed by atoms with Crippen molar-refractivity contribution in [1.82, 2.24) is 9.88 Å². The summed E-state index contributed by atoms with van der Waals surface area (Å²) in [5, 5.41) is 32.6. The van der Waals surface area contributed by atoms with Gasteiger partial charge in [0.15, 0.2) is 11.5 Å². The van der Waals surface area contributed by atoms with Crippen LogP contribution >= 0.6 is 11.6 Å². The van der Waals surface area contributed by atoms with Crippen LogP contribution in [0.25, 0.3) is 10.9 Å². The van der Waals surface area contributed by atoms with Crippen molar-refractivity contribution in [2.24, 2.45) is 0 Å². The van der Waals surface area contributed by atoms with E-state index in [2.05, 4.69) is 4.98 Å². The monoisotopic (exact) mass is 533 g/mol. The number of aromatic nitrogens is 1. The molecule has 1 aliphatic heterocycles. The number of hydrogen-bond donors (Lipinski definition) is 3. The summed E-state index contributed by atoms with van der Waals surface area (Å²) in [5.74, 6) is -2.31. The summed E-state index contributed by atoms with van der Waals surface area (Å²) in [4.78, 5) is 32.1. The molecule has 0 aliphatic carbocycles. The zero-order chi connectivity index (χ0) is 27.2. The SMILES string of the molecule is COc1c2c(c(O)c3ncccc13)C(=O)N(Cc1ccc(F)cc1)C2(O)CC(=N)C(=O)c1ccc(Cl)cc1. The van der Waals surface area contributed by atoms with E-state index in [4.69, 9.17) is 21.7 Å². The van der Waals surface area contributed by atoms with E-state index < -0.39 is 41.1 Å². The van der Waals surface area contributed by atoms with E-state index in [9.17, 15) is 24.2 Å². The van der Waals surface area contributed by atoms with E-state index in [1.165, 1.54) is 61.8 Å². The van der Waals surface area contributed by atoms with Gasteiger partial charge in [-0.2, -0.15) is 0 Å². The number of amides is 1. The number of ketones is 1. The number of carbonyl (C=O) groups excluding carboxylic acids is 2. The van der Waals surface area contributed by atoms with Gasteiger partial charge in [-0.05, 0) is 54.1 Å². The molecule has 1 amide bonds. The number of carbonyl (C=O) groups is 2. The Balaban J connectivity index is 1.67. The first-order chi connectivity index (χ1) is 18.2. The van der Waals surface area contributed by atoms with Gasteiger partial charge in [-0.25, -0.2) is 4.39 Å². The summed E-state index contributed by atoms with van der Waals surface area (Å²) < 4.78 is 19.2. The number of hydrogen-bond acceptors (Lipinski definition) is 7. The van der Waals surface area contributed by atoms with Crippen LogP contribution in [-0.2, 0) is 12.3 Å². The Morgan fingerprint density at radius 1 is 1.16 bits per heavy atom. The van der Waals surface area contributed by atoms with Gasteiger partial charge in [0.25, 0.3) is 5.91 Å². The highest BCUT2D eigenvalue weighted by atomic mass is 35.5. The summed E-state index contributed by atoms with van der Waals surface area (Å²) in [6.45, 7) is -0.209. The number of pyridine rings is 1. The molecule has 1 aromatic heterocycles. The van der Waals surface area contributed by atoms with Crippen LogP contribution in [0.15, 0.2) is 66.9 Å². The predicted octanol–water partition coefficient (Wildman–Crippen LogP) is 4.84. The number of nitrogens with zero attached hydrogens (tertiary/aromatic N) is 2. The molecule has 8 nitrogen and oxygen atoms in total. The lowest BCUT2D eigenvalue weighted by molar-refractivity contribution is -0.0834. The van der Waals surface area contributed by atoms with E-state index in [1.54, 1.807) is 12.1 Å². The van der Waals surface area contributed by atoms with Crippen LogP contribution in [0.2, 0.25) is 5.02 Å². The second kappa shape index (κ2) is 9.51. The Labute approximate surface area is 221 Å². The van der Waals surface area contributed by atoms with Crippen molar-refractivity contribution < 1.29 is 28.9 Å². The van der Waals surface area contributed by atoms with Gasteiger partial charge in [-0.3, -0.25) is 14.6 Å². The molecule has 1 aliphatic rings. The number of aliphatic hydroxyl groups is 1. The van der Waals surface area contributed by atoms with Gasteiger partial charge in [0.1, 0.15) is 17.1 Å². The lowest BCUT2D eigenvalue weighted by Gasteiger charge is -2.35. The van der Waals surface area contributed by atoms with Gasteiger partial charge >= 0.3 is 0 Å². The Bertz CT molecular complexity index is 1610. The van der Waals surface area contributed by atoms with Crippen molar-refractivity contribution in [3.8, 4) is 11.5 Å². The lowest BCUT2D eigenvalue weighted by Crippen LogP contribution is -2.45. The number of ether oxygens (including phenoxy) is 1. The number of aromatic hydroxyl groups is 1. The minimum atomic E-state index is -2.27. The predicted molar refractivity (Wildman–Crippen MR) is 138 cm³/mol. The average molecular weight is 534 g/mol. The van der Waals surface area contributed by atoms with Crippen LogP contribution in [0.5, 0.6) is 11.5 Å². The molecule has 0 saturated carbocycles. The van der Waals surface area contributed by atoms with E-state index in [-0.39, 0.29) is 34.5 Å². The molecule has 1 unspecified atom stereocenters. The van der Waals surface area contributed by atoms with E-state index in [0.29, 0.717) is 16.0 Å². The number of halogens is 2. The molecule has 4 aromatic rings. The fraction of sp³-hybridized carbons (Fsp3) is 0.143. The van der Waals surface area contributed by atoms with Crippen molar-refractivity contribution in [1.29, 1.82) is 5.41 Å². The van der Waals surface area contributed by atoms with Crippen LogP contribution in [0, 0.1) is 11.2 Å². The highest BCUT2D eigenvalue weighted by Gasteiger charge is 2.54. The van der Waals surface area contributed by atoms with Crippen LogP contribution < -0.4 is 4.74 Å². The molecule has 10 heteroatoms. The Morgan fingerprint density at radius 3 is 2.50 bits per heavy atom. The van der Waals surface area contributed by atoms with E-state index in [0.717, 1.165) is 4.90 Å². The standard InChI is InChI=1S/C28H21ClFN3O5/c1-38-26-19-3-2-12-32-23(19)25(35)21-22(26)28(37,13-20(31)24(34)16-6-8-17(29)9-7-16)33(27(21)36)14-15-4-10-18(30)11-5-15/h2-12,31,35,37H,13-14H2,1H3. The van der Waals surface area contributed by atoms with Gasteiger partial charge in [-0.15, -0.1) is 0 Å². The fourth-order valence-electron chi connectivity index (χ4n) is 4.76. The zero-order valence-electron chi connectivity index (χ0n) is 20.0. The summed E-state index contributed by atoms with van der Waals surface area (Å²) in [5.41, 5.74) is -2.35. The molecule has 2 heterocycles. The molecular formula is C28H21ClFN3O5. The first-order valence-corrected chi connectivity index (χ1v) is 11.9.